The van der Waals surface area contributed by atoms with Gasteiger partial charge in [-0.3, -0.25) is 9.59 Å². The zero-order valence-electron chi connectivity index (χ0n) is 11.2. The summed E-state index contributed by atoms with van der Waals surface area (Å²) in [5.74, 6) is -0.781. The Bertz CT molecular complexity index is 466. The minimum atomic E-state index is -1.28. The van der Waals surface area contributed by atoms with Gasteiger partial charge >= 0.3 is 11.9 Å². The van der Waals surface area contributed by atoms with Crippen molar-refractivity contribution in [2.45, 2.75) is 25.7 Å². The number of carbonyl (C=O) groups excluding carboxylic acids is 2. The first-order valence-electron chi connectivity index (χ1n) is 6.47. The maximum absolute atomic E-state index is 12.4. The van der Waals surface area contributed by atoms with E-state index in [0.29, 0.717) is 18.6 Å². The second-order valence-corrected chi connectivity index (χ2v) is 5.15. The van der Waals surface area contributed by atoms with Crippen LogP contribution in [0.5, 0.6) is 0 Å². The molecule has 0 bridgehead atoms. The molecule has 19 heavy (non-hydrogen) atoms. The molecule has 1 atom stereocenters. The molecule has 1 aliphatic rings. The van der Waals surface area contributed by atoms with Crippen LogP contribution in [0.25, 0.3) is 0 Å². The highest BCUT2D eigenvalue weighted by Gasteiger charge is 2.54. The first kappa shape index (κ1) is 13.6. The third-order valence-electron chi connectivity index (χ3n) is 3.22. The molecule has 1 heterocycles. The Hall–Kier alpha value is -1.84. The van der Waals surface area contributed by atoms with Gasteiger partial charge in [0.25, 0.3) is 0 Å². The molecule has 0 saturated carbocycles. The van der Waals surface area contributed by atoms with Gasteiger partial charge in [-0.15, -0.1) is 0 Å². The van der Waals surface area contributed by atoms with E-state index in [1.807, 2.05) is 19.9 Å². The van der Waals surface area contributed by atoms with E-state index in [1.165, 1.54) is 0 Å². The summed E-state index contributed by atoms with van der Waals surface area (Å²) in [6, 6.07) is 8.99. The predicted molar refractivity (Wildman–Crippen MR) is 69.5 cm³/mol. The number of esters is 2. The zero-order valence-corrected chi connectivity index (χ0v) is 11.2. The fraction of sp³-hybridized carbons (Fsp3) is 0.467. The number of hydrogen-bond donors (Lipinski definition) is 0. The van der Waals surface area contributed by atoms with Crippen molar-refractivity contribution in [2.75, 3.05) is 13.2 Å². The molecule has 102 valence electrons. The maximum atomic E-state index is 12.4. The highest BCUT2D eigenvalue weighted by atomic mass is 16.6. The number of hydrogen-bond acceptors (Lipinski definition) is 4. The quantitative estimate of drug-likeness (QED) is 0.615. The van der Waals surface area contributed by atoms with Gasteiger partial charge in [0.15, 0.2) is 5.41 Å². The Morgan fingerprint density at radius 3 is 2.58 bits per heavy atom. The van der Waals surface area contributed by atoms with Gasteiger partial charge in [-0.2, -0.15) is 0 Å². The summed E-state index contributed by atoms with van der Waals surface area (Å²) in [6.07, 6.45) is 0.340. The van der Waals surface area contributed by atoms with Crippen molar-refractivity contribution in [1.29, 1.82) is 0 Å². The lowest BCUT2D eigenvalue weighted by Crippen LogP contribution is -2.42. The third kappa shape index (κ3) is 2.48. The van der Waals surface area contributed by atoms with Crippen molar-refractivity contribution < 1.29 is 19.1 Å². The van der Waals surface area contributed by atoms with Crippen LogP contribution in [-0.2, 0) is 24.5 Å². The highest BCUT2D eigenvalue weighted by molar-refractivity contribution is 6.07. The fourth-order valence-electron chi connectivity index (χ4n) is 2.18. The normalized spacial score (nSPS) is 22.4. The molecule has 0 aliphatic carbocycles. The van der Waals surface area contributed by atoms with Crippen LogP contribution in [0.2, 0.25) is 0 Å². The molecule has 1 unspecified atom stereocenters. The van der Waals surface area contributed by atoms with Crippen molar-refractivity contribution in [3.63, 3.8) is 0 Å². The molecule has 0 aromatic heterocycles. The summed E-state index contributed by atoms with van der Waals surface area (Å²) < 4.78 is 10.3. The molecule has 1 aromatic rings. The van der Waals surface area contributed by atoms with E-state index in [4.69, 9.17) is 9.47 Å². The van der Waals surface area contributed by atoms with E-state index in [9.17, 15) is 9.59 Å². The SMILES string of the molecule is CC(C)COC(=O)C1(c2ccccc2)CCOC1=O. The van der Waals surface area contributed by atoms with Crippen LogP contribution in [0.3, 0.4) is 0 Å². The van der Waals surface area contributed by atoms with E-state index in [1.54, 1.807) is 24.3 Å². The van der Waals surface area contributed by atoms with Crippen molar-refractivity contribution >= 4 is 11.9 Å². The largest absolute Gasteiger partial charge is 0.465 e. The number of carbonyl (C=O) groups is 2. The summed E-state index contributed by atoms with van der Waals surface area (Å²) in [5, 5.41) is 0. The van der Waals surface area contributed by atoms with E-state index >= 15 is 0 Å². The van der Waals surface area contributed by atoms with Crippen molar-refractivity contribution in [3.05, 3.63) is 35.9 Å². The first-order chi connectivity index (χ1) is 9.07. The topological polar surface area (TPSA) is 52.6 Å². The molecule has 1 aliphatic heterocycles. The number of cyclic esters (lactones) is 1. The molecular formula is C15H18O4. The van der Waals surface area contributed by atoms with Gasteiger partial charge in [0.1, 0.15) is 0 Å². The van der Waals surface area contributed by atoms with Crippen LogP contribution in [0, 0.1) is 5.92 Å². The van der Waals surface area contributed by atoms with Crippen LogP contribution >= 0.6 is 0 Å². The molecule has 0 amide bonds. The van der Waals surface area contributed by atoms with Gasteiger partial charge in [-0.25, -0.2) is 0 Å². The molecule has 1 fully saturated rings. The molecular weight excluding hydrogens is 244 g/mol. The standard InChI is InChI=1S/C15H18O4/c1-11(2)10-19-14(17)15(8-9-18-13(15)16)12-6-4-3-5-7-12/h3-7,11H,8-10H2,1-2H3. The summed E-state index contributed by atoms with van der Waals surface area (Å²) in [6.45, 7) is 4.47. The molecule has 0 spiro atoms. The highest BCUT2D eigenvalue weighted by Crippen LogP contribution is 2.35. The number of ether oxygens (including phenoxy) is 2. The molecule has 1 aromatic carbocycles. The van der Waals surface area contributed by atoms with Gasteiger partial charge in [0.05, 0.1) is 13.2 Å². The Labute approximate surface area is 112 Å². The van der Waals surface area contributed by atoms with E-state index in [2.05, 4.69) is 0 Å². The summed E-state index contributed by atoms with van der Waals surface area (Å²) in [5.41, 5.74) is -0.637. The first-order valence-corrected chi connectivity index (χ1v) is 6.47. The lowest BCUT2D eigenvalue weighted by atomic mass is 9.79. The number of benzene rings is 1. The number of rotatable bonds is 4. The van der Waals surface area contributed by atoms with Crippen LogP contribution in [-0.4, -0.2) is 25.2 Å². The van der Waals surface area contributed by atoms with Crippen molar-refractivity contribution in [3.8, 4) is 0 Å². The monoisotopic (exact) mass is 262 g/mol. The summed E-state index contributed by atoms with van der Waals surface area (Å²) >= 11 is 0. The van der Waals surface area contributed by atoms with Gasteiger partial charge < -0.3 is 9.47 Å². The molecule has 4 nitrogen and oxygen atoms in total. The lowest BCUT2D eigenvalue weighted by Gasteiger charge is -2.23. The van der Waals surface area contributed by atoms with E-state index < -0.39 is 17.4 Å². The smallest absolute Gasteiger partial charge is 0.328 e. The molecule has 2 rings (SSSR count). The average Bonchev–Trinajstić information content (AvgIpc) is 2.80. The van der Waals surface area contributed by atoms with Crippen molar-refractivity contribution in [1.82, 2.24) is 0 Å². The van der Waals surface area contributed by atoms with Gasteiger partial charge in [0.2, 0.25) is 0 Å². The zero-order chi connectivity index (χ0) is 13.9. The third-order valence-corrected chi connectivity index (χ3v) is 3.22. The maximum Gasteiger partial charge on any atom is 0.328 e. The van der Waals surface area contributed by atoms with E-state index in [0.717, 1.165) is 0 Å². The van der Waals surface area contributed by atoms with Crippen LogP contribution in [0.15, 0.2) is 30.3 Å². The van der Waals surface area contributed by atoms with Gasteiger partial charge in [0, 0.05) is 6.42 Å². The minimum absolute atomic E-state index is 0.231. The Balaban J connectivity index is 2.31. The molecule has 0 N–H and O–H groups in total. The Morgan fingerprint density at radius 2 is 2.05 bits per heavy atom. The van der Waals surface area contributed by atoms with Crippen LogP contribution < -0.4 is 0 Å². The van der Waals surface area contributed by atoms with Gasteiger partial charge in [-0.1, -0.05) is 44.2 Å². The predicted octanol–water partition coefficient (Wildman–Crippen LogP) is 2.07. The fourth-order valence-corrected chi connectivity index (χ4v) is 2.18. The molecule has 4 heteroatoms. The van der Waals surface area contributed by atoms with Crippen LogP contribution in [0.4, 0.5) is 0 Å². The summed E-state index contributed by atoms with van der Waals surface area (Å²) in [7, 11) is 0. The minimum Gasteiger partial charge on any atom is -0.465 e. The second kappa shape index (κ2) is 5.43. The molecule has 1 saturated heterocycles. The van der Waals surface area contributed by atoms with Gasteiger partial charge in [-0.05, 0) is 11.5 Å². The molecule has 0 radical (unpaired) electrons. The Morgan fingerprint density at radius 1 is 1.37 bits per heavy atom. The average molecular weight is 262 g/mol. The van der Waals surface area contributed by atoms with Crippen LogP contribution in [0.1, 0.15) is 25.8 Å². The second-order valence-electron chi connectivity index (χ2n) is 5.15. The van der Waals surface area contributed by atoms with E-state index in [-0.39, 0.29) is 12.5 Å². The Kier molecular flexibility index (Phi) is 3.88. The summed E-state index contributed by atoms with van der Waals surface area (Å²) in [4.78, 5) is 24.4. The van der Waals surface area contributed by atoms with Crippen molar-refractivity contribution in [2.24, 2.45) is 5.92 Å². The lowest BCUT2D eigenvalue weighted by molar-refractivity contribution is -0.159.